The molecule has 0 spiro atoms. The van der Waals surface area contributed by atoms with Crippen molar-refractivity contribution in [1.82, 2.24) is 4.98 Å². The predicted octanol–water partition coefficient (Wildman–Crippen LogP) is 0.725. The SMILES string of the molecule is CN=C(N)c1cccnc1C. The number of nitrogens with zero attached hydrogens (tertiary/aromatic N) is 2. The first-order valence-corrected chi connectivity index (χ1v) is 3.40. The highest BCUT2D eigenvalue weighted by atomic mass is 14.8. The Labute approximate surface area is 66.0 Å². The molecule has 0 aromatic carbocycles. The van der Waals surface area contributed by atoms with Crippen LogP contribution >= 0.6 is 0 Å². The molecule has 0 aliphatic carbocycles. The van der Waals surface area contributed by atoms with E-state index in [0.29, 0.717) is 5.84 Å². The maximum Gasteiger partial charge on any atom is 0.127 e. The quantitative estimate of drug-likeness (QED) is 0.472. The van der Waals surface area contributed by atoms with Gasteiger partial charge in [-0.3, -0.25) is 9.98 Å². The molecule has 0 amide bonds. The minimum atomic E-state index is 0.538. The Hall–Kier alpha value is -1.38. The molecule has 3 heteroatoms. The zero-order valence-corrected chi connectivity index (χ0v) is 6.70. The first kappa shape index (κ1) is 7.72. The van der Waals surface area contributed by atoms with E-state index in [1.165, 1.54) is 0 Å². The van der Waals surface area contributed by atoms with E-state index in [4.69, 9.17) is 5.73 Å². The van der Waals surface area contributed by atoms with Crippen LogP contribution in [-0.4, -0.2) is 17.9 Å². The second-order valence-electron chi connectivity index (χ2n) is 2.25. The summed E-state index contributed by atoms with van der Waals surface area (Å²) in [6.45, 7) is 1.91. The summed E-state index contributed by atoms with van der Waals surface area (Å²) in [7, 11) is 1.67. The number of amidine groups is 1. The predicted molar refractivity (Wildman–Crippen MR) is 45.6 cm³/mol. The van der Waals surface area contributed by atoms with Gasteiger partial charge >= 0.3 is 0 Å². The summed E-state index contributed by atoms with van der Waals surface area (Å²) in [5.41, 5.74) is 7.43. The first-order chi connectivity index (χ1) is 5.25. The van der Waals surface area contributed by atoms with Crippen molar-refractivity contribution in [1.29, 1.82) is 0 Å². The Morgan fingerprint density at radius 1 is 1.64 bits per heavy atom. The second kappa shape index (κ2) is 3.14. The minimum Gasteiger partial charge on any atom is -0.383 e. The normalized spacial score (nSPS) is 11.6. The zero-order valence-electron chi connectivity index (χ0n) is 6.70. The molecule has 0 aliphatic heterocycles. The topological polar surface area (TPSA) is 51.3 Å². The van der Waals surface area contributed by atoms with Crippen molar-refractivity contribution in [3.63, 3.8) is 0 Å². The second-order valence-corrected chi connectivity index (χ2v) is 2.25. The summed E-state index contributed by atoms with van der Waals surface area (Å²) in [5, 5.41) is 0. The van der Waals surface area contributed by atoms with E-state index in [2.05, 4.69) is 9.98 Å². The first-order valence-electron chi connectivity index (χ1n) is 3.40. The van der Waals surface area contributed by atoms with Gasteiger partial charge in [-0.05, 0) is 19.1 Å². The largest absolute Gasteiger partial charge is 0.383 e. The minimum absolute atomic E-state index is 0.538. The van der Waals surface area contributed by atoms with Crippen molar-refractivity contribution in [3.05, 3.63) is 29.6 Å². The molecule has 11 heavy (non-hydrogen) atoms. The van der Waals surface area contributed by atoms with Gasteiger partial charge in [0, 0.05) is 24.5 Å². The smallest absolute Gasteiger partial charge is 0.127 e. The lowest BCUT2D eigenvalue weighted by atomic mass is 10.2. The Bertz CT molecular complexity index is 278. The monoisotopic (exact) mass is 149 g/mol. The molecule has 0 unspecified atom stereocenters. The molecular weight excluding hydrogens is 138 g/mol. The van der Waals surface area contributed by atoms with Gasteiger partial charge in [-0.15, -0.1) is 0 Å². The van der Waals surface area contributed by atoms with Crippen molar-refractivity contribution < 1.29 is 0 Å². The lowest BCUT2D eigenvalue weighted by Crippen LogP contribution is -2.14. The zero-order chi connectivity index (χ0) is 8.27. The van der Waals surface area contributed by atoms with Crippen LogP contribution in [0.1, 0.15) is 11.3 Å². The van der Waals surface area contributed by atoms with Crippen LogP contribution in [0.4, 0.5) is 0 Å². The van der Waals surface area contributed by atoms with Crippen molar-refractivity contribution in [2.24, 2.45) is 10.7 Å². The molecule has 1 aromatic rings. The van der Waals surface area contributed by atoms with Gasteiger partial charge in [-0.25, -0.2) is 0 Å². The molecule has 1 heterocycles. The number of aliphatic imine (C=N–C) groups is 1. The third-order valence-corrected chi connectivity index (χ3v) is 1.52. The van der Waals surface area contributed by atoms with Crippen LogP contribution in [0.25, 0.3) is 0 Å². The molecule has 0 saturated carbocycles. The highest BCUT2D eigenvalue weighted by Crippen LogP contribution is 2.01. The van der Waals surface area contributed by atoms with E-state index in [0.717, 1.165) is 11.3 Å². The Balaban J connectivity index is 3.14. The van der Waals surface area contributed by atoms with Crippen LogP contribution in [0.15, 0.2) is 23.3 Å². The summed E-state index contributed by atoms with van der Waals surface area (Å²) < 4.78 is 0. The van der Waals surface area contributed by atoms with Gasteiger partial charge in [0.25, 0.3) is 0 Å². The van der Waals surface area contributed by atoms with Crippen LogP contribution in [-0.2, 0) is 0 Å². The van der Waals surface area contributed by atoms with E-state index >= 15 is 0 Å². The van der Waals surface area contributed by atoms with Gasteiger partial charge in [-0.2, -0.15) is 0 Å². The summed E-state index contributed by atoms with van der Waals surface area (Å²) in [4.78, 5) is 7.96. The molecule has 0 saturated heterocycles. The standard InChI is InChI=1S/C8H11N3/c1-6-7(8(9)10-2)4-3-5-11-6/h3-5H,1-2H3,(H2,9,10). The molecule has 0 radical (unpaired) electrons. The molecule has 0 atom stereocenters. The molecule has 0 bridgehead atoms. The third kappa shape index (κ3) is 1.55. The number of aryl methyl sites for hydroxylation is 1. The van der Waals surface area contributed by atoms with Crippen LogP contribution in [0.3, 0.4) is 0 Å². The molecule has 0 aliphatic rings. The lowest BCUT2D eigenvalue weighted by Gasteiger charge is -2.01. The molecule has 2 N–H and O–H groups in total. The van der Waals surface area contributed by atoms with Crippen molar-refractivity contribution in [3.8, 4) is 0 Å². The number of hydrogen-bond donors (Lipinski definition) is 1. The van der Waals surface area contributed by atoms with Crippen molar-refractivity contribution in [2.75, 3.05) is 7.05 Å². The summed E-state index contributed by atoms with van der Waals surface area (Å²) in [6.07, 6.45) is 1.74. The van der Waals surface area contributed by atoms with Crippen LogP contribution in [0.2, 0.25) is 0 Å². The molecule has 0 fully saturated rings. The summed E-state index contributed by atoms with van der Waals surface area (Å²) in [5.74, 6) is 0.538. The van der Waals surface area contributed by atoms with Gasteiger partial charge in [-0.1, -0.05) is 0 Å². The average molecular weight is 149 g/mol. The summed E-state index contributed by atoms with van der Waals surface area (Å²) in [6, 6.07) is 3.76. The van der Waals surface area contributed by atoms with Crippen molar-refractivity contribution in [2.45, 2.75) is 6.92 Å². The fraction of sp³-hybridized carbons (Fsp3) is 0.250. The van der Waals surface area contributed by atoms with E-state index in [1.54, 1.807) is 13.2 Å². The average Bonchev–Trinajstić information content (AvgIpc) is 2.04. The highest BCUT2D eigenvalue weighted by molar-refractivity contribution is 5.98. The van der Waals surface area contributed by atoms with Gasteiger partial charge < -0.3 is 5.73 Å². The fourth-order valence-corrected chi connectivity index (χ4v) is 0.875. The molecule has 1 rings (SSSR count). The molecule has 3 nitrogen and oxygen atoms in total. The lowest BCUT2D eigenvalue weighted by molar-refractivity contribution is 1.18. The highest BCUT2D eigenvalue weighted by Gasteiger charge is 1.99. The van der Waals surface area contributed by atoms with Crippen molar-refractivity contribution >= 4 is 5.84 Å². The van der Waals surface area contributed by atoms with Gasteiger partial charge in [0.05, 0.1) is 0 Å². The van der Waals surface area contributed by atoms with Gasteiger partial charge in [0.2, 0.25) is 0 Å². The Morgan fingerprint density at radius 3 is 2.91 bits per heavy atom. The van der Waals surface area contributed by atoms with Crippen LogP contribution < -0.4 is 5.73 Å². The molecular formula is C8H11N3. The Morgan fingerprint density at radius 2 is 2.36 bits per heavy atom. The maximum atomic E-state index is 5.61. The van der Waals surface area contributed by atoms with E-state index < -0.39 is 0 Å². The van der Waals surface area contributed by atoms with Gasteiger partial charge in [0.1, 0.15) is 5.84 Å². The summed E-state index contributed by atoms with van der Waals surface area (Å²) >= 11 is 0. The number of aromatic nitrogens is 1. The molecule has 58 valence electrons. The van der Waals surface area contributed by atoms with Crippen LogP contribution in [0, 0.1) is 6.92 Å². The number of pyridine rings is 1. The van der Waals surface area contributed by atoms with E-state index in [9.17, 15) is 0 Å². The Kier molecular flexibility index (Phi) is 2.21. The number of rotatable bonds is 1. The maximum absolute atomic E-state index is 5.61. The number of nitrogens with two attached hydrogens (primary N) is 1. The van der Waals surface area contributed by atoms with Crippen LogP contribution in [0.5, 0.6) is 0 Å². The van der Waals surface area contributed by atoms with E-state index in [1.807, 2.05) is 19.1 Å². The number of hydrogen-bond acceptors (Lipinski definition) is 2. The van der Waals surface area contributed by atoms with Gasteiger partial charge in [0.15, 0.2) is 0 Å². The molecule has 1 aromatic heterocycles. The third-order valence-electron chi connectivity index (χ3n) is 1.52. The van der Waals surface area contributed by atoms with E-state index in [-0.39, 0.29) is 0 Å². The fourth-order valence-electron chi connectivity index (χ4n) is 0.875.